The number of hydrogen-bond donors (Lipinski definition) is 3. The largest absolute Gasteiger partial charge is 0.394 e. The standard InChI is InChI=1S/C13H17N5O2S/c19-6-5-18-11-3-1-2-10(9(11)8-15-18)16-12(20)17-13-14-4-7-21-13/h4,7-8,10,19H,1-3,5-6H2,(H2,14,16,17,20)/t10-/m0/s1. The maximum absolute atomic E-state index is 12.0. The molecule has 0 saturated heterocycles. The predicted octanol–water partition coefficient (Wildman–Crippen LogP) is 1.53. The Balaban J connectivity index is 1.69. The number of urea groups is 1. The van der Waals surface area contributed by atoms with Crippen LogP contribution in [0.1, 0.15) is 30.1 Å². The van der Waals surface area contributed by atoms with Gasteiger partial charge in [0.1, 0.15) is 0 Å². The molecule has 1 aliphatic rings. The highest BCUT2D eigenvalue weighted by Gasteiger charge is 2.25. The van der Waals surface area contributed by atoms with Gasteiger partial charge in [-0.25, -0.2) is 9.78 Å². The molecule has 0 radical (unpaired) electrons. The number of aliphatic hydroxyl groups excluding tert-OH is 1. The number of rotatable bonds is 4. The lowest BCUT2D eigenvalue weighted by Crippen LogP contribution is -2.34. The van der Waals surface area contributed by atoms with Crippen molar-refractivity contribution in [1.29, 1.82) is 0 Å². The van der Waals surface area contributed by atoms with Crippen LogP contribution in [-0.2, 0) is 13.0 Å². The van der Waals surface area contributed by atoms with E-state index < -0.39 is 0 Å². The van der Waals surface area contributed by atoms with Gasteiger partial charge in [-0.3, -0.25) is 10.00 Å². The normalized spacial score (nSPS) is 17.3. The topological polar surface area (TPSA) is 92.1 Å². The Bertz CT molecular complexity index is 610. The molecule has 0 aromatic carbocycles. The quantitative estimate of drug-likeness (QED) is 0.799. The molecule has 0 aliphatic heterocycles. The molecular formula is C13H17N5O2S. The molecule has 1 aliphatic carbocycles. The van der Waals surface area contributed by atoms with Crippen molar-refractivity contribution in [3.8, 4) is 0 Å². The summed E-state index contributed by atoms with van der Waals surface area (Å²) < 4.78 is 1.82. The summed E-state index contributed by atoms with van der Waals surface area (Å²) >= 11 is 1.38. The number of anilines is 1. The summed E-state index contributed by atoms with van der Waals surface area (Å²) in [4.78, 5) is 16.0. The van der Waals surface area contributed by atoms with Crippen LogP contribution in [0.4, 0.5) is 9.93 Å². The minimum absolute atomic E-state index is 0.0406. The molecule has 8 heteroatoms. The predicted molar refractivity (Wildman–Crippen MR) is 79.3 cm³/mol. The van der Waals surface area contributed by atoms with Gasteiger partial charge in [-0.05, 0) is 19.3 Å². The number of amides is 2. The lowest BCUT2D eigenvalue weighted by molar-refractivity contribution is 0.246. The number of hydrogen-bond acceptors (Lipinski definition) is 5. The third-order valence-corrected chi connectivity index (χ3v) is 4.22. The zero-order valence-corrected chi connectivity index (χ0v) is 12.3. The van der Waals surface area contributed by atoms with Crippen LogP contribution in [0, 0.1) is 0 Å². The molecule has 3 rings (SSSR count). The first-order valence-corrected chi connectivity index (χ1v) is 7.78. The zero-order valence-electron chi connectivity index (χ0n) is 11.5. The number of thiazole rings is 1. The third-order valence-electron chi connectivity index (χ3n) is 3.53. The van der Waals surface area contributed by atoms with Crippen molar-refractivity contribution in [1.82, 2.24) is 20.1 Å². The number of fused-ring (bicyclic) bond motifs is 1. The first-order chi connectivity index (χ1) is 10.3. The molecule has 2 aromatic heterocycles. The summed E-state index contributed by atoms with van der Waals surface area (Å²) in [5.41, 5.74) is 2.15. The second kappa shape index (κ2) is 6.23. The van der Waals surface area contributed by atoms with E-state index in [1.807, 2.05) is 10.1 Å². The number of carbonyl (C=O) groups excluding carboxylic acids is 1. The molecular weight excluding hydrogens is 290 g/mol. The Morgan fingerprint density at radius 2 is 2.48 bits per heavy atom. The molecule has 2 amide bonds. The smallest absolute Gasteiger partial charge is 0.321 e. The monoisotopic (exact) mass is 307 g/mol. The number of nitrogens with zero attached hydrogens (tertiary/aromatic N) is 3. The van der Waals surface area contributed by atoms with Gasteiger partial charge >= 0.3 is 6.03 Å². The Hall–Kier alpha value is -1.93. The van der Waals surface area contributed by atoms with Crippen molar-refractivity contribution in [2.75, 3.05) is 11.9 Å². The van der Waals surface area contributed by atoms with E-state index >= 15 is 0 Å². The van der Waals surface area contributed by atoms with Crippen LogP contribution < -0.4 is 10.6 Å². The maximum atomic E-state index is 12.0. The van der Waals surface area contributed by atoms with Crippen molar-refractivity contribution in [2.24, 2.45) is 0 Å². The maximum Gasteiger partial charge on any atom is 0.321 e. The molecule has 0 bridgehead atoms. The highest BCUT2D eigenvalue weighted by Crippen LogP contribution is 2.29. The average molecular weight is 307 g/mol. The van der Waals surface area contributed by atoms with Crippen molar-refractivity contribution in [2.45, 2.75) is 31.8 Å². The fourth-order valence-electron chi connectivity index (χ4n) is 2.63. The van der Waals surface area contributed by atoms with Crippen LogP contribution in [0.15, 0.2) is 17.8 Å². The summed E-state index contributed by atoms with van der Waals surface area (Å²) in [7, 11) is 0. The molecule has 112 valence electrons. The molecule has 1 atom stereocenters. The van der Waals surface area contributed by atoms with Gasteiger partial charge in [-0.2, -0.15) is 5.10 Å². The van der Waals surface area contributed by atoms with E-state index in [4.69, 9.17) is 5.11 Å². The molecule has 0 spiro atoms. The van der Waals surface area contributed by atoms with Crippen LogP contribution in [0.25, 0.3) is 0 Å². The van der Waals surface area contributed by atoms with Crippen molar-refractivity contribution in [3.63, 3.8) is 0 Å². The van der Waals surface area contributed by atoms with Crippen LogP contribution >= 0.6 is 11.3 Å². The SMILES string of the molecule is O=C(Nc1nccs1)N[C@H]1CCCc2c1cnn2CCO. The molecule has 7 nitrogen and oxygen atoms in total. The second-order valence-corrected chi connectivity index (χ2v) is 5.77. The summed E-state index contributed by atoms with van der Waals surface area (Å²) in [6.07, 6.45) is 6.26. The van der Waals surface area contributed by atoms with Gasteiger partial charge in [-0.1, -0.05) is 0 Å². The minimum atomic E-state index is -0.252. The molecule has 0 unspecified atom stereocenters. The fraction of sp³-hybridized carbons (Fsp3) is 0.462. The Labute approximate surface area is 126 Å². The van der Waals surface area contributed by atoms with E-state index in [-0.39, 0.29) is 18.7 Å². The first-order valence-electron chi connectivity index (χ1n) is 6.90. The van der Waals surface area contributed by atoms with Gasteiger partial charge in [-0.15, -0.1) is 11.3 Å². The van der Waals surface area contributed by atoms with E-state index in [1.54, 1.807) is 12.4 Å². The number of carbonyl (C=O) groups is 1. The van der Waals surface area contributed by atoms with Gasteiger partial charge in [0.25, 0.3) is 0 Å². The number of aliphatic hydroxyl groups is 1. The van der Waals surface area contributed by atoms with E-state index in [2.05, 4.69) is 20.7 Å². The van der Waals surface area contributed by atoms with Gasteiger partial charge < -0.3 is 10.4 Å². The van der Waals surface area contributed by atoms with Crippen LogP contribution in [-0.4, -0.2) is 32.5 Å². The Kier molecular flexibility index (Phi) is 4.16. The van der Waals surface area contributed by atoms with Crippen molar-refractivity contribution >= 4 is 22.5 Å². The molecule has 0 fully saturated rings. The van der Waals surface area contributed by atoms with Crippen LogP contribution in [0.2, 0.25) is 0 Å². The Morgan fingerprint density at radius 1 is 1.57 bits per heavy atom. The highest BCUT2D eigenvalue weighted by atomic mass is 32.1. The summed E-state index contributed by atoms with van der Waals surface area (Å²) in [6, 6.07) is -0.293. The first kappa shape index (κ1) is 14.0. The lowest BCUT2D eigenvalue weighted by atomic mass is 9.93. The van der Waals surface area contributed by atoms with Crippen LogP contribution in [0.3, 0.4) is 0 Å². The van der Waals surface area contributed by atoms with E-state index in [0.717, 1.165) is 30.5 Å². The van der Waals surface area contributed by atoms with E-state index in [0.29, 0.717) is 11.7 Å². The van der Waals surface area contributed by atoms with Gasteiger partial charge in [0.15, 0.2) is 5.13 Å². The van der Waals surface area contributed by atoms with Crippen molar-refractivity contribution in [3.05, 3.63) is 29.0 Å². The summed E-state index contributed by atoms with van der Waals surface area (Å²) in [5, 5.41) is 21.4. The Morgan fingerprint density at radius 3 is 3.24 bits per heavy atom. The minimum Gasteiger partial charge on any atom is -0.394 e. The number of aromatic nitrogens is 3. The molecule has 3 N–H and O–H groups in total. The van der Waals surface area contributed by atoms with E-state index in [1.165, 1.54) is 11.3 Å². The second-order valence-electron chi connectivity index (χ2n) is 4.87. The van der Waals surface area contributed by atoms with Gasteiger partial charge in [0, 0.05) is 22.8 Å². The fourth-order valence-corrected chi connectivity index (χ4v) is 3.16. The highest BCUT2D eigenvalue weighted by molar-refractivity contribution is 7.13. The molecule has 2 heterocycles. The van der Waals surface area contributed by atoms with Crippen LogP contribution in [0.5, 0.6) is 0 Å². The molecule has 21 heavy (non-hydrogen) atoms. The van der Waals surface area contributed by atoms with Gasteiger partial charge in [0.05, 0.1) is 25.4 Å². The lowest BCUT2D eigenvalue weighted by Gasteiger charge is -2.24. The van der Waals surface area contributed by atoms with Crippen molar-refractivity contribution < 1.29 is 9.90 Å². The third kappa shape index (κ3) is 3.06. The van der Waals surface area contributed by atoms with E-state index in [9.17, 15) is 4.79 Å². The van der Waals surface area contributed by atoms with Gasteiger partial charge in [0.2, 0.25) is 0 Å². The molecule has 0 saturated carbocycles. The summed E-state index contributed by atoms with van der Waals surface area (Å²) in [6.45, 7) is 0.560. The number of nitrogens with one attached hydrogen (secondary N) is 2. The average Bonchev–Trinajstić information content (AvgIpc) is 3.10. The molecule has 2 aromatic rings. The summed E-state index contributed by atoms with van der Waals surface area (Å²) in [5.74, 6) is 0. The zero-order chi connectivity index (χ0) is 14.7.